The maximum Gasteiger partial charge on any atom is 0.270 e. The number of carbonyl (C=O) groups excluding carboxylic acids is 1. The summed E-state index contributed by atoms with van der Waals surface area (Å²) in [4.78, 5) is 31.9. The number of nitrogens with one attached hydrogen (secondary N) is 3. The molecule has 0 bridgehead atoms. The van der Waals surface area contributed by atoms with E-state index in [2.05, 4.69) is 20.6 Å². The van der Waals surface area contributed by atoms with Crippen molar-refractivity contribution in [2.45, 2.75) is 6.92 Å². The monoisotopic (exact) mass is 455 g/mol. The summed E-state index contributed by atoms with van der Waals surface area (Å²) in [5.41, 5.74) is 2.99. The molecule has 1 heterocycles. The van der Waals surface area contributed by atoms with Crippen LogP contribution in [0.1, 0.15) is 21.5 Å². The number of rotatable bonds is 5. The molecule has 0 spiro atoms. The Balaban J connectivity index is 1.59. The fourth-order valence-corrected chi connectivity index (χ4v) is 3.26. The summed E-state index contributed by atoms with van der Waals surface area (Å²) in [5.74, 6) is -0.0442. The zero-order valence-electron chi connectivity index (χ0n) is 17.5. The number of aryl methyl sites for hydroxylation is 1. The van der Waals surface area contributed by atoms with Crippen LogP contribution in [-0.4, -0.2) is 15.9 Å². The van der Waals surface area contributed by atoms with Crippen molar-refractivity contribution in [1.82, 2.24) is 9.97 Å². The van der Waals surface area contributed by atoms with Crippen molar-refractivity contribution in [1.29, 1.82) is 5.26 Å². The number of carbonyl (C=O) groups is 1. The molecule has 1 aromatic heterocycles. The van der Waals surface area contributed by atoms with Crippen LogP contribution in [0, 0.1) is 18.3 Å². The molecule has 1 amide bonds. The minimum absolute atomic E-state index is 0.104. The SMILES string of the molecule is Cc1ccc(C(=O)Nc2ccc(-c3nc(Nc4ccc(Cl)cc4)[nH]c(=O)c3C#N)cc2)cc1. The number of amides is 1. The van der Waals surface area contributed by atoms with Crippen LogP contribution in [0.4, 0.5) is 17.3 Å². The van der Waals surface area contributed by atoms with E-state index in [1.54, 1.807) is 60.7 Å². The van der Waals surface area contributed by atoms with E-state index >= 15 is 0 Å². The molecule has 4 aromatic rings. The summed E-state index contributed by atoms with van der Waals surface area (Å²) in [6, 6.07) is 22.8. The molecular formula is C25H18ClN5O2. The maximum atomic E-state index is 12.5. The number of nitriles is 1. The van der Waals surface area contributed by atoms with Gasteiger partial charge in [-0.2, -0.15) is 5.26 Å². The molecule has 0 atom stereocenters. The van der Waals surface area contributed by atoms with Crippen LogP contribution in [0.5, 0.6) is 0 Å². The first-order valence-electron chi connectivity index (χ1n) is 9.98. The lowest BCUT2D eigenvalue weighted by molar-refractivity contribution is 0.102. The molecule has 3 N–H and O–H groups in total. The highest BCUT2D eigenvalue weighted by Gasteiger charge is 2.14. The molecule has 0 unspecified atom stereocenters. The number of nitrogens with zero attached hydrogens (tertiary/aromatic N) is 2. The fraction of sp³-hybridized carbons (Fsp3) is 0.0400. The lowest BCUT2D eigenvalue weighted by Gasteiger charge is -2.10. The van der Waals surface area contributed by atoms with Crippen molar-refractivity contribution in [3.63, 3.8) is 0 Å². The Morgan fingerprint density at radius 2 is 1.61 bits per heavy atom. The van der Waals surface area contributed by atoms with Gasteiger partial charge >= 0.3 is 0 Å². The molecule has 0 radical (unpaired) electrons. The Kier molecular flexibility index (Phi) is 6.20. The van der Waals surface area contributed by atoms with Gasteiger partial charge in [0.25, 0.3) is 11.5 Å². The van der Waals surface area contributed by atoms with Crippen molar-refractivity contribution in [3.05, 3.63) is 105 Å². The first-order valence-corrected chi connectivity index (χ1v) is 10.4. The molecular weight excluding hydrogens is 438 g/mol. The van der Waals surface area contributed by atoms with Crippen LogP contribution in [0.15, 0.2) is 77.6 Å². The molecule has 0 saturated carbocycles. The van der Waals surface area contributed by atoms with Crippen molar-refractivity contribution in [2.75, 3.05) is 10.6 Å². The molecule has 0 saturated heterocycles. The lowest BCUT2D eigenvalue weighted by atomic mass is 10.1. The van der Waals surface area contributed by atoms with Crippen LogP contribution in [0.2, 0.25) is 5.02 Å². The smallest absolute Gasteiger partial charge is 0.270 e. The zero-order chi connectivity index (χ0) is 23.4. The quantitative estimate of drug-likeness (QED) is 0.380. The molecule has 0 fully saturated rings. The Morgan fingerprint density at radius 3 is 2.24 bits per heavy atom. The van der Waals surface area contributed by atoms with Gasteiger partial charge in [-0.3, -0.25) is 14.6 Å². The van der Waals surface area contributed by atoms with Crippen molar-refractivity contribution >= 4 is 34.8 Å². The summed E-state index contributed by atoms with van der Waals surface area (Å²) in [5, 5.41) is 15.9. The van der Waals surface area contributed by atoms with E-state index in [1.165, 1.54) is 0 Å². The lowest BCUT2D eigenvalue weighted by Crippen LogP contribution is -2.16. The third kappa shape index (κ3) is 5.09. The molecule has 162 valence electrons. The molecule has 33 heavy (non-hydrogen) atoms. The number of halogens is 1. The summed E-state index contributed by atoms with van der Waals surface area (Å²) < 4.78 is 0. The Hall–Kier alpha value is -4.41. The first kappa shape index (κ1) is 21.8. The third-order valence-electron chi connectivity index (χ3n) is 4.87. The summed E-state index contributed by atoms with van der Waals surface area (Å²) >= 11 is 5.91. The summed E-state index contributed by atoms with van der Waals surface area (Å²) in [6.07, 6.45) is 0. The number of H-pyrrole nitrogens is 1. The standard InChI is InChI=1S/C25H18ClN5O2/c1-15-2-4-17(5-3-15)23(32)28-19-10-6-16(7-11-19)22-21(14-27)24(33)31-25(30-22)29-20-12-8-18(26)9-13-20/h2-13H,1H3,(H,28,32)(H2,29,30,31,33). The molecule has 0 aliphatic carbocycles. The van der Waals surface area contributed by atoms with Crippen LogP contribution in [0.3, 0.4) is 0 Å². The average molecular weight is 456 g/mol. The Bertz CT molecular complexity index is 1400. The largest absolute Gasteiger partial charge is 0.326 e. The Morgan fingerprint density at radius 1 is 0.970 bits per heavy atom. The molecule has 7 nitrogen and oxygen atoms in total. The van der Waals surface area contributed by atoms with E-state index in [1.807, 2.05) is 25.1 Å². The van der Waals surface area contributed by atoms with Crippen LogP contribution in [0.25, 0.3) is 11.3 Å². The van der Waals surface area contributed by atoms with Crippen molar-refractivity contribution < 1.29 is 4.79 Å². The highest BCUT2D eigenvalue weighted by molar-refractivity contribution is 6.30. The second kappa shape index (κ2) is 9.39. The molecule has 8 heteroatoms. The van der Waals surface area contributed by atoms with Crippen LogP contribution >= 0.6 is 11.6 Å². The number of anilines is 3. The van der Waals surface area contributed by atoms with E-state index in [0.717, 1.165) is 5.56 Å². The van der Waals surface area contributed by atoms with Gasteiger partial charge < -0.3 is 10.6 Å². The van der Waals surface area contributed by atoms with E-state index in [-0.39, 0.29) is 23.1 Å². The minimum atomic E-state index is -0.560. The minimum Gasteiger partial charge on any atom is -0.326 e. The van der Waals surface area contributed by atoms with Gasteiger partial charge in [-0.15, -0.1) is 0 Å². The van der Waals surface area contributed by atoms with Crippen molar-refractivity contribution in [2.24, 2.45) is 0 Å². The third-order valence-corrected chi connectivity index (χ3v) is 5.12. The summed E-state index contributed by atoms with van der Waals surface area (Å²) in [6.45, 7) is 1.95. The Labute approximate surface area is 194 Å². The van der Waals surface area contributed by atoms with Gasteiger partial charge in [0.05, 0.1) is 5.69 Å². The van der Waals surface area contributed by atoms with Crippen LogP contribution < -0.4 is 16.2 Å². The predicted octanol–water partition coefficient (Wildman–Crippen LogP) is 5.27. The second-order valence-corrected chi connectivity index (χ2v) is 7.72. The highest BCUT2D eigenvalue weighted by atomic mass is 35.5. The van der Waals surface area contributed by atoms with Crippen LogP contribution in [-0.2, 0) is 0 Å². The number of hydrogen-bond donors (Lipinski definition) is 3. The first-order chi connectivity index (χ1) is 15.9. The molecule has 0 aliphatic rings. The van der Waals surface area contributed by atoms with E-state index in [9.17, 15) is 14.9 Å². The highest BCUT2D eigenvalue weighted by Crippen LogP contribution is 2.24. The van der Waals surface area contributed by atoms with E-state index in [0.29, 0.717) is 27.5 Å². The second-order valence-electron chi connectivity index (χ2n) is 7.28. The van der Waals surface area contributed by atoms with Gasteiger partial charge in [-0.1, -0.05) is 41.4 Å². The van der Waals surface area contributed by atoms with Gasteiger partial charge in [-0.25, -0.2) is 4.98 Å². The molecule has 3 aromatic carbocycles. The molecule has 4 rings (SSSR count). The van der Waals surface area contributed by atoms with Gasteiger partial charge in [0.1, 0.15) is 11.6 Å². The van der Waals surface area contributed by atoms with E-state index in [4.69, 9.17) is 11.6 Å². The maximum absolute atomic E-state index is 12.5. The van der Waals surface area contributed by atoms with E-state index < -0.39 is 5.56 Å². The van der Waals surface area contributed by atoms with Gasteiger partial charge in [0.15, 0.2) is 0 Å². The zero-order valence-corrected chi connectivity index (χ0v) is 18.3. The normalized spacial score (nSPS) is 10.3. The topological polar surface area (TPSA) is 111 Å². The summed E-state index contributed by atoms with van der Waals surface area (Å²) in [7, 11) is 0. The molecule has 0 aliphatic heterocycles. The average Bonchev–Trinajstić information content (AvgIpc) is 2.81. The number of aromatic nitrogens is 2. The number of benzene rings is 3. The predicted molar refractivity (Wildman–Crippen MR) is 129 cm³/mol. The number of aromatic amines is 1. The number of hydrogen-bond acceptors (Lipinski definition) is 5. The van der Waals surface area contributed by atoms with Gasteiger partial charge in [-0.05, 0) is 55.5 Å². The van der Waals surface area contributed by atoms with Gasteiger partial charge in [0.2, 0.25) is 5.95 Å². The van der Waals surface area contributed by atoms with Gasteiger partial charge in [0, 0.05) is 27.5 Å². The van der Waals surface area contributed by atoms with Crippen molar-refractivity contribution in [3.8, 4) is 17.3 Å². The fourth-order valence-electron chi connectivity index (χ4n) is 3.13.